The second kappa shape index (κ2) is 7.75. The van der Waals surface area contributed by atoms with E-state index >= 15 is 0 Å². The number of hydrogen-bond donors (Lipinski definition) is 0. The lowest BCUT2D eigenvalue weighted by molar-refractivity contribution is -0.150. The predicted molar refractivity (Wildman–Crippen MR) is 94.2 cm³/mol. The normalized spacial score (nSPS) is 21.3. The SMILES string of the molecule is O=C(OCc1ccccc1)[C@@H]1C[C@H](Br)CN1Cc1ccccc1. The zero-order valence-corrected chi connectivity index (χ0v) is 14.5. The van der Waals surface area contributed by atoms with Gasteiger partial charge in [0.05, 0.1) is 0 Å². The molecular formula is C19H20BrNO2. The lowest BCUT2D eigenvalue weighted by Crippen LogP contribution is -2.36. The average Bonchev–Trinajstić information content (AvgIpc) is 2.95. The Labute approximate surface area is 145 Å². The van der Waals surface area contributed by atoms with Crippen molar-refractivity contribution in [3.05, 3.63) is 71.8 Å². The summed E-state index contributed by atoms with van der Waals surface area (Å²) in [6, 6.07) is 19.9. The van der Waals surface area contributed by atoms with Gasteiger partial charge in [0.15, 0.2) is 0 Å². The van der Waals surface area contributed by atoms with Crippen LogP contribution in [0.4, 0.5) is 0 Å². The molecule has 0 radical (unpaired) electrons. The van der Waals surface area contributed by atoms with E-state index in [1.54, 1.807) is 0 Å². The van der Waals surface area contributed by atoms with Crippen molar-refractivity contribution in [2.45, 2.75) is 30.4 Å². The molecule has 0 spiro atoms. The molecule has 0 amide bonds. The van der Waals surface area contributed by atoms with Crippen LogP contribution < -0.4 is 0 Å². The molecule has 0 N–H and O–H groups in total. The predicted octanol–water partition coefficient (Wildman–Crippen LogP) is 3.77. The summed E-state index contributed by atoms with van der Waals surface area (Å²) in [7, 11) is 0. The number of likely N-dealkylation sites (tertiary alicyclic amines) is 1. The maximum absolute atomic E-state index is 12.5. The molecule has 2 atom stereocenters. The zero-order valence-electron chi connectivity index (χ0n) is 12.9. The number of carbonyl (C=O) groups is 1. The van der Waals surface area contributed by atoms with E-state index < -0.39 is 0 Å². The van der Waals surface area contributed by atoms with Crippen molar-refractivity contribution in [2.75, 3.05) is 6.54 Å². The number of esters is 1. The lowest BCUT2D eigenvalue weighted by Gasteiger charge is -2.22. The Morgan fingerprint density at radius 1 is 1.04 bits per heavy atom. The highest BCUT2D eigenvalue weighted by atomic mass is 79.9. The van der Waals surface area contributed by atoms with Crippen LogP contribution in [-0.4, -0.2) is 28.3 Å². The molecular weight excluding hydrogens is 354 g/mol. The Morgan fingerprint density at radius 2 is 1.65 bits per heavy atom. The number of nitrogens with zero attached hydrogens (tertiary/aromatic N) is 1. The van der Waals surface area contributed by atoms with Gasteiger partial charge in [-0.2, -0.15) is 0 Å². The van der Waals surface area contributed by atoms with E-state index in [9.17, 15) is 4.79 Å². The molecule has 0 unspecified atom stereocenters. The molecule has 1 heterocycles. The second-order valence-corrected chi connectivity index (χ2v) is 7.15. The molecule has 0 aliphatic carbocycles. The number of carbonyl (C=O) groups excluding carboxylic acids is 1. The van der Waals surface area contributed by atoms with Crippen LogP contribution in [0.25, 0.3) is 0 Å². The molecule has 3 rings (SSSR count). The number of halogens is 1. The largest absolute Gasteiger partial charge is 0.460 e. The van der Waals surface area contributed by atoms with E-state index in [0.29, 0.717) is 11.4 Å². The van der Waals surface area contributed by atoms with E-state index in [1.165, 1.54) is 5.56 Å². The average molecular weight is 374 g/mol. The molecule has 1 aliphatic rings. The van der Waals surface area contributed by atoms with Crippen molar-refractivity contribution in [2.24, 2.45) is 0 Å². The Balaban J connectivity index is 1.61. The summed E-state index contributed by atoms with van der Waals surface area (Å²) < 4.78 is 5.53. The van der Waals surface area contributed by atoms with Gasteiger partial charge in [-0.1, -0.05) is 76.6 Å². The Kier molecular flexibility index (Phi) is 5.47. The van der Waals surface area contributed by atoms with Crippen molar-refractivity contribution >= 4 is 21.9 Å². The van der Waals surface area contributed by atoms with Crippen LogP contribution >= 0.6 is 15.9 Å². The van der Waals surface area contributed by atoms with Crippen molar-refractivity contribution in [3.63, 3.8) is 0 Å². The van der Waals surface area contributed by atoms with Crippen LogP contribution in [0, 0.1) is 0 Å². The van der Waals surface area contributed by atoms with Crippen LogP contribution in [0.3, 0.4) is 0 Å². The lowest BCUT2D eigenvalue weighted by atomic mass is 10.2. The molecule has 0 saturated carbocycles. The van der Waals surface area contributed by atoms with Crippen LogP contribution in [-0.2, 0) is 22.7 Å². The summed E-state index contributed by atoms with van der Waals surface area (Å²) in [6.45, 7) is 1.97. The first kappa shape index (κ1) is 16.2. The van der Waals surface area contributed by atoms with E-state index in [-0.39, 0.29) is 12.0 Å². The molecule has 3 nitrogen and oxygen atoms in total. The van der Waals surface area contributed by atoms with Gasteiger partial charge in [-0.15, -0.1) is 0 Å². The zero-order chi connectivity index (χ0) is 16.1. The molecule has 1 fully saturated rings. The van der Waals surface area contributed by atoms with E-state index in [2.05, 4.69) is 33.0 Å². The minimum Gasteiger partial charge on any atom is -0.460 e. The fourth-order valence-electron chi connectivity index (χ4n) is 2.91. The highest BCUT2D eigenvalue weighted by molar-refractivity contribution is 9.09. The van der Waals surface area contributed by atoms with Gasteiger partial charge < -0.3 is 4.74 Å². The minimum absolute atomic E-state index is 0.133. The number of alkyl halides is 1. The summed E-state index contributed by atoms with van der Waals surface area (Å²) in [5.74, 6) is -0.133. The molecule has 120 valence electrons. The molecule has 0 aromatic heterocycles. The second-order valence-electron chi connectivity index (χ2n) is 5.86. The third-order valence-corrected chi connectivity index (χ3v) is 4.74. The summed E-state index contributed by atoms with van der Waals surface area (Å²) in [5.41, 5.74) is 2.24. The Morgan fingerprint density at radius 3 is 2.30 bits per heavy atom. The Bertz CT molecular complexity index is 632. The summed E-state index contributed by atoms with van der Waals surface area (Å²) in [4.78, 5) is 15.0. The third kappa shape index (κ3) is 4.43. The number of ether oxygens (including phenoxy) is 1. The highest BCUT2D eigenvalue weighted by Gasteiger charge is 2.36. The molecule has 1 aliphatic heterocycles. The van der Waals surface area contributed by atoms with Crippen LogP contribution in [0.2, 0.25) is 0 Å². The smallest absolute Gasteiger partial charge is 0.323 e. The quantitative estimate of drug-likeness (QED) is 0.590. The molecule has 2 aromatic carbocycles. The van der Waals surface area contributed by atoms with Crippen molar-refractivity contribution in [1.82, 2.24) is 4.90 Å². The van der Waals surface area contributed by atoms with E-state index in [0.717, 1.165) is 25.1 Å². The maximum Gasteiger partial charge on any atom is 0.323 e. The first-order valence-electron chi connectivity index (χ1n) is 7.85. The van der Waals surface area contributed by atoms with Crippen LogP contribution in [0.1, 0.15) is 17.5 Å². The monoisotopic (exact) mass is 373 g/mol. The number of benzene rings is 2. The van der Waals surface area contributed by atoms with E-state index in [4.69, 9.17) is 4.74 Å². The molecule has 4 heteroatoms. The fraction of sp³-hybridized carbons (Fsp3) is 0.316. The fourth-order valence-corrected chi connectivity index (χ4v) is 3.64. The summed E-state index contributed by atoms with van der Waals surface area (Å²) in [5, 5.41) is 0. The van der Waals surface area contributed by atoms with Crippen molar-refractivity contribution in [3.8, 4) is 0 Å². The van der Waals surface area contributed by atoms with Gasteiger partial charge in [-0.05, 0) is 17.5 Å². The first-order valence-corrected chi connectivity index (χ1v) is 8.76. The standard InChI is InChI=1S/C19H20BrNO2/c20-17-11-18(19(22)23-14-16-9-5-2-6-10-16)21(13-17)12-15-7-3-1-4-8-15/h1-10,17-18H,11-14H2/t17-,18-/m0/s1. The van der Waals surface area contributed by atoms with Crippen molar-refractivity contribution in [1.29, 1.82) is 0 Å². The van der Waals surface area contributed by atoms with Gasteiger partial charge in [-0.3, -0.25) is 9.69 Å². The van der Waals surface area contributed by atoms with Gasteiger partial charge in [-0.25, -0.2) is 0 Å². The number of rotatable bonds is 5. The van der Waals surface area contributed by atoms with Crippen molar-refractivity contribution < 1.29 is 9.53 Å². The van der Waals surface area contributed by atoms with Gasteiger partial charge in [0.25, 0.3) is 0 Å². The maximum atomic E-state index is 12.5. The van der Waals surface area contributed by atoms with Crippen LogP contribution in [0.15, 0.2) is 60.7 Å². The molecule has 23 heavy (non-hydrogen) atoms. The minimum atomic E-state index is -0.178. The Hall–Kier alpha value is -1.65. The highest BCUT2D eigenvalue weighted by Crippen LogP contribution is 2.26. The molecule has 1 saturated heterocycles. The molecule has 0 bridgehead atoms. The third-order valence-electron chi connectivity index (χ3n) is 4.08. The van der Waals surface area contributed by atoms with Gasteiger partial charge in [0.1, 0.15) is 12.6 Å². The van der Waals surface area contributed by atoms with Gasteiger partial charge in [0.2, 0.25) is 0 Å². The summed E-state index contributed by atoms with van der Waals surface area (Å²) in [6.07, 6.45) is 0.792. The topological polar surface area (TPSA) is 29.5 Å². The van der Waals surface area contributed by atoms with Gasteiger partial charge >= 0.3 is 5.97 Å². The first-order chi connectivity index (χ1) is 11.2. The van der Waals surface area contributed by atoms with Gasteiger partial charge in [0, 0.05) is 17.9 Å². The number of hydrogen-bond acceptors (Lipinski definition) is 3. The van der Waals surface area contributed by atoms with Crippen LogP contribution in [0.5, 0.6) is 0 Å². The van der Waals surface area contributed by atoms with E-state index in [1.807, 2.05) is 48.5 Å². The summed E-state index contributed by atoms with van der Waals surface area (Å²) >= 11 is 3.65. The molecule has 2 aromatic rings.